The molecule has 1 aromatic carbocycles. The van der Waals surface area contributed by atoms with Gasteiger partial charge < -0.3 is 21.3 Å². The Morgan fingerprint density at radius 2 is 1.74 bits per heavy atom. The minimum atomic E-state index is 0.457. The average Bonchev–Trinajstić information content (AvgIpc) is 3.28. The number of nitrogens with one attached hydrogen (secondary N) is 2. The van der Waals surface area contributed by atoms with Crippen molar-refractivity contribution in [3.8, 4) is 0 Å². The summed E-state index contributed by atoms with van der Waals surface area (Å²) in [5.41, 5.74) is 9.92. The average molecular weight is 422 g/mol. The van der Waals surface area contributed by atoms with Crippen molar-refractivity contribution in [2.24, 2.45) is 0 Å². The van der Waals surface area contributed by atoms with Gasteiger partial charge in [0.2, 0.25) is 5.95 Å². The van der Waals surface area contributed by atoms with E-state index in [0.717, 1.165) is 37.7 Å². The van der Waals surface area contributed by atoms with Gasteiger partial charge in [-0.3, -0.25) is 4.90 Å². The van der Waals surface area contributed by atoms with Crippen molar-refractivity contribution in [3.05, 3.63) is 35.4 Å². The third-order valence-electron chi connectivity index (χ3n) is 6.81. The first-order valence-corrected chi connectivity index (χ1v) is 12.0. The highest BCUT2D eigenvalue weighted by molar-refractivity contribution is 5.79. The van der Waals surface area contributed by atoms with Crippen LogP contribution in [0.2, 0.25) is 0 Å². The smallest absolute Gasteiger partial charge is 0.226 e. The monoisotopic (exact) mass is 421 g/mol. The predicted molar refractivity (Wildman–Crippen MR) is 127 cm³/mol. The molecule has 2 aliphatic heterocycles. The molecule has 0 spiro atoms. The zero-order chi connectivity index (χ0) is 21.0. The van der Waals surface area contributed by atoms with E-state index in [4.69, 9.17) is 10.7 Å². The molecule has 7 nitrogen and oxygen atoms in total. The lowest BCUT2D eigenvalue weighted by atomic mass is 9.96. The molecule has 31 heavy (non-hydrogen) atoms. The van der Waals surface area contributed by atoms with Crippen molar-refractivity contribution >= 4 is 23.3 Å². The normalized spacial score (nSPS) is 19.8. The van der Waals surface area contributed by atoms with Gasteiger partial charge in [0.25, 0.3) is 0 Å². The fourth-order valence-electron chi connectivity index (χ4n) is 5.18. The van der Waals surface area contributed by atoms with Crippen LogP contribution < -0.4 is 21.3 Å². The molecule has 7 heteroatoms. The summed E-state index contributed by atoms with van der Waals surface area (Å²) in [4.78, 5) is 14.3. The van der Waals surface area contributed by atoms with Crippen LogP contribution in [-0.4, -0.2) is 47.1 Å². The number of likely N-dealkylation sites (tertiary alicyclic amines) is 1. The maximum absolute atomic E-state index is 6.33. The number of rotatable bonds is 6. The van der Waals surface area contributed by atoms with Crippen LogP contribution in [-0.2, 0) is 13.1 Å². The third kappa shape index (κ3) is 4.87. The molecule has 2 aromatic rings. The summed E-state index contributed by atoms with van der Waals surface area (Å²) < 4.78 is 0. The van der Waals surface area contributed by atoms with Crippen molar-refractivity contribution in [1.29, 1.82) is 0 Å². The SMILES string of the molecule is Nc1nc(NC2CCCCC2)nc2c1NCCN2Cc1cccc(CN2CCCC2)c1. The zero-order valence-electron chi connectivity index (χ0n) is 18.4. The number of benzene rings is 1. The Hall–Kier alpha value is -2.54. The maximum atomic E-state index is 6.33. The van der Waals surface area contributed by atoms with E-state index in [0.29, 0.717) is 17.8 Å². The van der Waals surface area contributed by atoms with Gasteiger partial charge in [-0.2, -0.15) is 9.97 Å². The molecule has 166 valence electrons. The number of anilines is 4. The first kappa shape index (κ1) is 20.4. The molecule has 0 atom stereocenters. The van der Waals surface area contributed by atoms with E-state index in [1.54, 1.807) is 0 Å². The van der Waals surface area contributed by atoms with E-state index < -0.39 is 0 Å². The molecule has 4 N–H and O–H groups in total. The Morgan fingerprint density at radius 3 is 2.55 bits per heavy atom. The molecule has 1 aromatic heterocycles. The van der Waals surface area contributed by atoms with Gasteiger partial charge in [-0.1, -0.05) is 43.5 Å². The minimum Gasteiger partial charge on any atom is -0.382 e. The van der Waals surface area contributed by atoms with E-state index >= 15 is 0 Å². The maximum Gasteiger partial charge on any atom is 0.226 e. The molecule has 3 aliphatic rings. The van der Waals surface area contributed by atoms with Crippen LogP contribution in [0.5, 0.6) is 0 Å². The number of hydrogen-bond donors (Lipinski definition) is 3. The highest BCUT2D eigenvalue weighted by Gasteiger charge is 2.24. The quantitative estimate of drug-likeness (QED) is 0.654. The predicted octanol–water partition coefficient (Wildman–Crippen LogP) is 3.83. The number of nitrogens with two attached hydrogens (primary N) is 1. The van der Waals surface area contributed by atoms with Gasteiger partial charge in [0.15, 0.2) is 11.6 Å². The Balaban J connectivity index is 1.33. The van der Waals surface area contributed by atoms with E-state index in [-0.39, 0.29) is 0 Å². The van der Waals surface area contributed by atoms with Gasteiger partial charge in [-0.05, 0) is 49.9 Å². The zero-order valence-corrected chi connectivity index (χ0v) is 18.4. The Morgan fingerprint density at radius 1 is 0.968 bits per heavy atom. The Bertz CT molecular complexity index is 887. The highest BCUT2D eigenvalue weighted by Crippen LogP contribution is 2.34. The van der Waals surface area contributed by atoms with E-state index in [9.17, 15) is 0 Å². The molecule has 0 radical (unpaired) electrons. The number of fused-ring (bicyclic) bond motifs is 1. The molecular weight excluding hydrogens is 386 g/mol. The molecule has 3 heterocycles. The first-order valence-electron chi connectivity index (χ1n) is 12.0. The van der Waals surface area contributed by atoms with Gasteiger partial charge in [0, 0.05) is 32.2 Å². The summed E-state index contributed by atoms with van der Waals surface area (Å²) in [7, 11) is 0. The molecule has 5 rings (SSSR count). The molecule has 1 aliphatic carbocycles. The van der Waals surface area contributed by atoms with Crippen molar-refractivity contribution < 1.29 is 0 Å². The molecule has 0 amide bonds. The molecule has 2 fully saturated rings. The molecule has 0 bridgehead atoms. The summed E-state index contributed by atoms with van der Waals surface area (Å²) in [5.74, 6) is 2.12. The number of hydrogen-bond acceptors (Lipinski definition) is 7. The van der Waals surface area contributed by atoms with E-state index in [1.165, 1.54) is 69.2 Å². The van der Waals surface area contributed by atoms with Gasteiger partial charge in [-0.25, -0.2) is 0 Å². The largest absolute Gasteiger partial charge is 0.382 e. The summed E-state index contributed by atoms with van der Waals surface area (Å²) in [6.07, 6.45) is 8.92. The third-order valence-corrected chi connectivity index (χ3v) is 6.81. The number of nitrogens with zero attached hydrogens (tertiary/aromatic N) is 4. The molecule has 1 saturated heterocycles. The lowest BCUT2D eigenvalue weighted by Gasteiger charge is -2.32. The summed E-state index contributed by atoms with van der Waals surface area (Å²) in [6, 6.07) is 9.47. The van der Waals surface area contributed by atoms with Crippen LogP contribution in [0, 0.1) is 0 Å². The van der Waals surface area contributed by atoms with Crippen LogP contribution in [0.15, 0.2) is 24.3 Å². The van der Waals surface area contributed by atoms with Crippen LogP contribution >= 0.6 is 0 Å². The lowest BCUT2D eigenvalue weighted by Crippen LogP contribution is -2.35. The summed E-state index contributed by atoms with van der Waals surface area (Å²) >= 11 is 0. The van der Waals surface area contributed by atoms with Gasteiger partial charge >= 0.3 is 0 Å². The Labute approximate surface area is 185 Å². The lowest BCUT2D eigenvalue weighted by molar-refractivity contribution is 0.331. The van der Waals surface area contributed by atoms with Gasteiger partial charge in [0.1, 0.15) is 5.69 Å². The minimum absolute atomic E-state index is 0.457. The topological polar surface area (TPSA) is 82.3 Å². The fourth-order valence-corrected chi connectivity index (χ4v) is 5.18. The number of aromatic nitrogens is 2. The van der Waals surface area contributed by atoms with Crippen molar-refractivity contribution in [1.82, 2.24) is 14.9 Å². The first-order chi connectivity index (χ1) is 15.2. The van der Waals surface area contributed by atoms with Crippen LogP contribution in [0.3, 0.4) is 0 Å². The highest BCUT2D eigenvalue weighted by atomic mass is 15.3. The summed E-state index contributed by atoms with van der Waals surface area (Å²) in [5, 5.41) is 6.95. The fraction of sp³-hybridized carbons (Fsp3) is 0.583. The van der Waals surface area contributed by atoms with Gasteiger partial charge in [0.05, 0.1) is 0 Å². The summed E-state index contributed by atoms with van der Waals surface area (Å²) in [6.45, 7) is 6.09. The second-order valence-electron chi connectivity index (χ2n) is 9.26. The van der Waals surface area contributed by atoms with E-state index in [2.05, 4.69) is 49.7 Å². The second-order valence-corrected chi connectivity index (χ2v) is 9.26. The molecule has 1 saturated carbocycles. The van der Waals surface area contributed by atoms with Gasteiger partial charge in [-0.15, -0.1) is 0 Å². The number of nitrogen functional groups attached to an aromatic ring is 1. The van der Waals surface area contributed by atoms with Crippen molar-refractivity contribution in [2.45, 2.75) is 64.1 Å². The van der Waals surface area contributed by atoms with Crippen LogP contribution in [0.4, 0.5) is 23.3 Å². The standard InChI is InChI=1S/C24H35N7/c25-22-21-23(29-24(28-22)27-20-9-2-1-3-10-20)31(14-11-26-21)17-19-8-6-7-18(15-19)16-30-12-4-5-13-30/h6-8,15,20,26H,1-5,9-14,16-17H2,(H3,25,27,28,29). The molecular formula is C24H35N7. The Kier molecular flexibility index (Phi) is 6.11. The van der Waals surface area contributed by atoms with E-state index in [1.807, 2.05) is 0 Å². The van der Waals surface area contributed by atoms with Crippen LogP contribution in [0.25, 0.3) is 0 Å². The molecule has 0 unspecified atom stereocenters. The van der Waals surface area contributed by atoms with Crippen molar-refractivity contribution in [2.75, 3.05) is 47.4 Å². The van der Waals surface area contributed by atoms with Crippen LogP contribution in [0.1, 0.15) is 56.1 Å². The van der Waals surface area contributed by atoms with Crippen molar-refractivity contribution in [3.63, 3.8) is 0 Å². The second kappa shape index (κ2) is 9.30.